The molecule has 0 bridgehead atoms. The number of nitrogens with zero attached hydrogens (tertiary/aromatic N) is 4. The van der Waals surface area contributed by atoms with Gasteiger partial charge >= 0.3 is 10.2 Å². The normalized spacial score (nSPS) is 12.7. The van der Waals surface area contributed by atoms with E-state index in [0.29, 0.717) is 5.56 Å². The van der Waals surface area contributed by atoms with Gasteiger partial charge < -0.3 is 5.43 Å². The molecule has 9 nitrogen and oxygen atoms in total. The SMILES string of the molecule is CN=C(NN)c1c(-c2cnn(C)c2)ccn1S(N)(=O)=O. The molecule has 0 atom stereocenters. The van der Waals surface area contributed by atoms with Gasteiger partial charge in [0.2, 0.25) is 0 Å². The third-order valence-electron chi connectivity index (χ3n) is 2.73. The quantitative estimate of drug-likeness (QED) is 0.282. The van der Waals surface area contributed by atoms with Gasteiger partial charge in [-0.15, -0.1) is 0 Å². The van der Waals surface area contributed by atoms with Crippen LogP contribution in [-0.2, 0) is 17.3 Å². The molecule has 20 heavy (non-hydrogen) atoms. The molecule has 0 saturated carbocycles. The summed E-state index contributed by atoms with van der Waals surface area (Å²) in [5.41, 5.74) is 3.95. The first kappa shape index (κ1) is 14.2. The number of hydrazine groups is 1. The number of amidine groups is 1. The number of hydrogen-bond acceptors (Lipinski definition) is 5. The Morgan fingerprint density at radius 2 is 2.20 bits per heavy atom. The second-order valence-electron chi connectivity index (χ2n) is 4.04. The van der Waals surface area contributed by atoms with E-state index in [1.165, 1.54) is 13.2 Å². The molecule has 0 aliphatic rings. The summed E-state index contributed by atoms with van der Waals surface area (Å²) in [6, 6.07) is 1.61. The van der Waals surface area contributed by atoms with Crippen molar-refractivity contribution < 1.29 is 8.42 Å². The van der Waals surface area contributed by atoms with Crippen LogP contribution in [-0.4, -0.2) is 35.1 Å². The maximum atomic E-state index is 11.6. The van der Waals surface area contributed by atoms with E-state index in [-0.39, 0.29) is 11.5 Å². The van der Waals surface area contributed by atoms with Crippen LogP contribution < -0.4 is 16.4 Å². The van der Waals surface area contributed by atoms with Gasteiger partial charge in [0.1, 0.15) is 5.69 Å². The molecule has 2 aromatic rings. The minimum absolute atomic E-state index is 0.197. The molecule has 10 heteroatoms. The number of aromatic nitrogens is 3. The van der Waals surface area contributed by atoms with Crippen LogP contribution in [0.2, 0.25) is 0 Å². The zero-order chi connectivity index (χ0) is 14.9. The summed E-state index contributed by atoms with van der Waals surface area (Å²) in [5, 5.41) is 9.24. The molecule has 2 heterocycles. The highest BCUT2D eigenvalue weighted by atomic mass is 32.2. The minimum Gasteiger partial charge on any atom is -0.307 e. The summed E-state index contributed by atoms with van der Waals surface area (Å²) in [5.74, 6) is 5.59. The fourth-order valence-corrected chi connectivity index (χ4v) is 2.56. The van der Waals surface area contributed by atoms with E-state index in [9.17, 15) is 8.42 Å². The average Bonchev–Trinajstić information content (AvgIpc) is 2.96. The maximum absolute atomic E-state index is 11.6. The van der Waals surface area contributed by atoms with Gasteiger partial charge in [0.15, 0.2) is 5.84 Å². The van der Waals surface area contributed by atoms with E-state index >= 15 is 0 Å². The standard InChI is InChI=1S/C10H15N7O2S/c1-13-10(15-11)9-8(7-5-14-16(2)6-7)3-4-17(9)20(12,18)19/h3-6H,11H2,1-2H3,(H,13,15)(H2,12,18,19). The lowest BCUT2D eigenvalue weighted by atomic mass is 10.1. The Morgan fingerprint density at radius 1 is 1.50 bits per heavy atom. The number of nitrogens with two attached hydrogens (primary N) is 2. The first-order chi connectivity index (χ1) is 9.38. The zero-order valence-corrected chi connectivity index (χ0v) is 11.8. The summed E-state index contributed by atoms with van der Waals surface area (Å²) >= 11 is 0. The largest absolute Gasteiger partial charge is 0.307 e. The van der Waals surface area contributed by atoms with Crippen LogP contribution in [0.5, 0.6) is 0 Å². The van der Waals surface area contributed by atoms with E-state index < -0.39 is 10.2 Å². The van der Waals surface area contributed by atoms with Gasteiger partial charge in [-0.25, -0.2) is 15.0 Å². The van der Waals surface area contributed by atoms with E-state index in [1.807, 2.05) is 0 Å². The smallest absolute Gasteiger partial charge is 0.303 e. The lowest BCUT2D eigenvalue weighted by molar-refractivity contribution is 0.589. The van der Waals surface area contributed by atoms with E-state index in [1.54, 1.807) is 30.2 Å². The van der Waals surface area contributed by atoms with Crippen LogP contribution in [0.25, 0.3) is 11.1 Å². The van der Waals surface area contributed by atoms with Crippen LogP contribution in [0.1, 0.15) is 5.69 Å². The summed E-state index contributed by atoms with van der Waals surface area (Å²) in [6.07, 6.45) is 4.70. The number of rotatable bonds is 3. The highest BCUT2D eigenvalue weighted by Crippen LogP contribution is 2.25. The highest BCUT2D eigenvalue weighted by Gasteiger charge is 2.21. The molecule has 0 saturated heterocycles. The first-order valence-corrected chi connectivity index (χ1v) is 7.06. The van der Waals surface area contributed by atoms with E-state index in [2.05, 4.69) is 15.5 Å². The summed E-state index contributed by atoms with van der Waals surface area (Å²) in [7, 11) is -0.717. The predicted octanol–water partition coefficient (Wildman–Crippen LogP) is -1.22. The Labute approximate surface area is 116 Å². The molecule has 0 spiro atoms. The molecular formula is C10H15N7O2S. The monoisotopic (exact) mass is 297 g/mol. The summed E-state index contributed by atoms with van der Waals surface area (Å²) in [4.78, 5) is 3.93. The number of hydrogen-bond donors (Lipinski definition) is 3. The van der Waals surface area contributed by atoms with Crippen molar-refractivity contribution in [1.29, 1.82) is 0 Å². The summed E-state index contributed by atoms with van der Waals surface area (Å²) < 4.78 is 25.8. The van der Waals surface area contributed by atoms with Crippen LogP contribution in [0.3, 0.4) is 0 Å². The molecule has 0 aliphatic heterocycles. The Bertz CT molecular complexity index is 756. The molecule has 0 aliphatic carbocycles. The molecule has 0 unspecified atom stereocenters. The van der Waals surface area contributed by atoms with Gasteiger partial charge in [0.25, 0.3) is 0 Å². The lowest BCUT2D eigenvalue weighted by Gasteiger charge is -2.10. The minimum atomic E-state index is -3.97. The third kappa shape index (κ3) is 2.43. The lowest BCUT2D eigenvalue weighted by Crippen LogP contribution is -2.35. The van der Waals surface area contributed by atoms with Crippen molar-refractivity contribution in [3.63, 3.8) is 0 Å². The molecule has 2 rings (SSSR count). The Balaban J connectivity index is 2.74. The first-order valence-electron chi connectivity index (χ1n) is 5.56. The Morgan fingerprint density at radius 3 is 2.65 bits per heavy atom. The van der Waals surface area contributed by atoms with Crippen molar-refractivity contribution in [3.8, 4) is 11.1 Å². The van der Waals surface area contributed by atoms with E-state index in [4.69, 9.17) is 11.0 Å². The fraction of sp³-hybridized carbons (Fsp3) is 0.200. The molecule has 0 radical (unpaired) electrons. The van der Waals surface area contributed by atoms with Crippen LogP contribution in [0.15, 0.2) is 29.6 Å². The molecule has 0 fully saturated rings. The second kappa shape index (κ2) is 5.07. The van der Waals surface area contributed by atoms with Gasteiger partial charge in [-0.05, 0) is 6.07 Å². The van der Waals surface area contributed by atoms with Gasteiger partial charge in [-0.3, -0.25) is 9.67 Å². The van der Waals surface area contributed by atoms with Crippen molar-refractivity contribution in [3.05, 3.63) is 30.4 Å². The number of aryl methyl sites for hydroxylation is 1. The average molecular weight is 297 g/mol. The van der Waals surface area contributed by atoms with Crippen LogP contribution >= 0.6 is 0 Å². The van der Waals surface area contributed by atoms with Gasteiger partial charge in [-0.2, -0.15) is 13.5 Å². The summed E-state index contributed by atoms with van der Waals surface area (Å²) in [6.45, 7) is 0. The number of aliphatic imine (C=N–C) groups is 1. The van der Waals surface area contributed by atoms with Crippen molar-refractivity contribution in [2.24, 2.45) is 23.0 Å². The molecule has 5 N–H and O–H groups in total. The zero-order valence-electron chi connectivity index (χ0n) is 11.0. The molecule has 2 aromatic heterocycles. The van der Waals surface area contributed by atoms with Crippen molar-refractivity contribution in [2.75, 3.05) is 7.05 Å². The van der Waals surface area contributed by atoms with Crippen molar-refractivity contribution >= 4 is 16.0 Å². The number of nitrogens with one attached hydrogen (secondary N) is 1. The molecule has 108 valence electrons. The highest BCUT2D eigenvalue weighted by molar-refractivity contribution is 7.87. The van der Waals surface area contributed by atoms with Crippen molar-refractivity contribution in [2.45, 2.75) is 0 Å². The molecular weight excluding hydrogens is 282 g/mol. The topological polar surface area (TPSA) is 133 Å². The Hall–Kier alpha value is -2.17. The van der Waals surface area contributed by atoms with Crippen molar-refractivity contribution in [1.82, 2.24) is 19.2 Å². The van der Waals surface area contributed by atoms with Gasteiger partial charge in [-0.1, -0.05) is 0 Å². The molecule has 0 aromatic carbocycles. The van der Waals surface area contributed by atoms with Gasteiger partial charge in [0.05, 0.1) is 6.20 Å². The van der Waals surface area contributed by atoms with Crippen LogP contribution in [0.4, 0.5) is 0 Å². The van der Waals surface area contributed by atoms with Crippen LogP contribution in [0, 0.1) is 0 Å². The predicted molar refractivity (Wildman–Crippen MR) is 74.9 cm³/mol. The Kier molecular flexibility index (Phi) is 3.61. The third-order valence-corrected chi connectivity index (χ3v) is 3.58. The second-order valence-corrected chi connectivity index (χ2v) is 5.46. The van der Waals surface area contributed by atoms with Gasteiger partial charge in [0, 0.05) is 37.6 Å². The fourth-order valence-electron chi connectivity index (χ4n) is 1.89. The maximum Gasteiger partial charge on any atom is 0.303 e. The van der Waals surface area contributed by atoms with E-state index in [0.717, 1.165) is 9.54 Å². The molecule has 0 amide bonds.